The number of nitrogens with zero attached hydrogens (tertiary/aromatic N) is 2. The molecule has 27 heavy (non-hydrogen) atoms. The van der Waals surface area contributed by atoms with Crippen molar-refractivity contribution in [2.75, 3.05) is 13.1 Å². The number of nitrogens with two attached hydrogens (primary N) is 1. The van der Waals surface area contributed by atoms with Crippen LogP contribution in [-0.2, 0) is 11.2 Å². The first-order chi connectivity index (χ1) is 13.2. The molecule has 5 heteroatoms. The van der Waals surface area contributed by atoms with Crippen molar-refractivity contribution in [3.8, 4) is 0 Å². The Hall–Kier alpha value is -2.40. The third-order valence-corrected chi connectivity index (χ3v) is 6.11. The second-order valence-electron chi connectivity index (χ2n) is 7.87. The number of rotatable bonds is 2. The van der Waals surface area contributed by atoms with Crippen LogP contribution in [0.3, 0.4) is 0 Å². The van der Waals surface area contributed by atoms with Crippen LogP contribution in [0.4, 0.5) is 4.39 Å². The zero-order valence-electron chi connectivity index (χ0n) is 15.2. The van der Waals surface area contributed by atoms with E-state index in [1.165, 1.54) is 23.3 Å². The highest BCUT2D eigenvalue weighted by Crippen LogP contribution is 2.38. The predicted octanol–water partition coefficient (Wildman–Crippen LogP) is 3.27. The minimum absolute atomic E-state index is 0.00306. The molecule has 0 radical (unpaired) electrons. The Morgan fingerprint density at radius 3 is 2.63 bits per heavy atom. The van der Waals surface area contributed by atoms with Crippen LogP contribution in [0.25, 0.3) is 0 Å². The number of aliphatic imine (C=N–C) groups is 1. The number of hydrogen-bond donors (Lipinski definition) is 1. The summed E-state index contributed by atoms with van der Waals surface area (Å²) < 4.78 is 19.8. The number of amidine groups is 1. The van der Waals surface area contributed by atoms with Gasteiger partial charge in [-0.1, -0.05) is 36.4 Å². The van der Waals surface area contributed by atoms with Gasteiger partial charge in [-0.2, -0.15) is 0 Å². The van der Waals surface area contributed by atoms with E-state index < -0.39 is 0 Å². The van der Waals surface area contributed by atoms with Crippen LogP contribution in [0.2, 0.25) is 0 Å². The number of benzene rings is 2. The normalized spacial score (nSPS) is 29.6. The average Bonchev–Trinajstić information content (AvgIpc) is 3.15. The highest BCUT2D eigenvalue weighted by molar-refractivity contribution is 5.77. The zero-order chi connectivity index (χ0) is 18.4. The first-order valence-corrected chi connectivity index (χ1v) is 9.75. The predicted molar refractivity (Wildman–Crippen MR) is 103 cm³/mol. The summed E-state index contributed by atoms with van der Waals surface area (Å²) in [7, 11) is 0. The van der Waals surface area contributed by atoms with Gasteiger partial charge in [0.25, 0.3) is 6.02 Å². The maximum Gasteiger partial charge on any atom is 0.288 e. The maximum atomic E-state index is 13.5. The smallest absolute Gasteiger partial charge is 0.288 e. The van der Waals surface area contributed by atoms with Crippen LogP contribution in [0.5, 0.6) is 0 Å². The lowest BCUT2D eigenvalue weighted by molar-refractivity contribution is 0.0668. The molecule has 2 aliphatic heterocycles. The van der Waals surface area contributed by atoms with Gasteiger partial charge in [-0.3, -0.25) is 0 Å². The van der Waals surface area contributed by atoms with Crippen LogP contribution >= 0.6 is 0 Å². The van der Waals surface area contributed by atoms with E-state index in [0.717, 1.165) is 37.4 Å². The molecule has 0 amide bonds. The standard InChI is InChI=1S/C22H24FN3O/c23-17-7-5-15(6-8-17)21-19-4-2-1-3-14(19)9-10-26(21)22-25-13-20(27-22)16-11-18(24)12-16/h1-8,16,18,20-21H,9-13,24H2/t16-,18-,20-,21+/m1/s1. The number of ether oxygens (including phenoxy) is 1. The molecule has 2 atom stereocenters. The molecule has 1 saturated carbocycles. The first kappa shape index (κ1) is 16.8. The fraction of sp³-hybridized carbons (Fsp3) is 0.409. The quantitative estimate of drug-likeness (QED) is 0.889. The molecular weight excluding hydrogens is 341 g/mol. The van der Waals surface area contributed by atoms with Gasteiger partial charge in [0, 0.05) is 18.5 Å². The van der Waals surface area contributed by atoms with Crippen molar-refractivity contribution in [1.82, 2.24) is 4.90 Å². The molecule has 1 fully saturated rings. The Labute approximate surface area is 158 Å². The minimum Gasteiger partial charge on any atom is -0.460 e. The molecule has 2 aromatic carbocycles. The minimum atomic E-state index is -0.217. The summed E-state index contributed by atoms with van der Waals surface area (Å²) in [5.74, 6) is 0.299. The van der Waals surface area contributed by atoms with Gasteiger partial charge in [-0.25, -0.2) is 9.38 Å². The lowest BCUT2D eigenvalue weighted by atomic mass is 9.77. The van der Waals surface area contributed by atoms with Crippen molar-refractivity contribution in [3.63, 3.8) is 0 Å². The summed E-state index contributed by atoms with van der Waals surface area (Å²) in [4.78, 5) is 6.98. The van der Waals surface area contributed by atoms with Gasteiger partial charge in [-0.05, 0) is 48.1 Å². The molecule has 0 spiro atoms. The molecule has 5 rings (SSSR count). The van der Waals surface area contributed by atoms with Gasteiger partial charge in [0.05, 0.1) is 12.6 Å². The van der Waals surface area contributed by atoms with E-state index in [4.69, 9.17) is 15.5 Å². The van der Waals surface area contributed by atoms with Crippen molar-refractivity contribution < 1.29 is 9.13 Å². The van der Waals surface area contributed by atoms with E-state index in [1.54, 1.807) is 0 Å². The molecule has 2 heterocycles. The SMILES string of the molecule is N[C@H]1C[C@H]([C@H]2CN=C(N3CCc4ccccc4[C@@H]3c3ccc(F)cc3)O2)C1. The van der Waals surface area contributed by atoms with E-state index in [0.29, 0.717) is 18.5 Å². The third-order valence-electron chi connectivity index (χ3n) is 6.11. The van der Waals surface area contributed by atoms with Gasteiger partial charge < -0.3 is 15.4 Å². The fourth-order valence-electron chi connectivity index (χ4n) is 4.57. The van der Waals surface area contributed by atoms with Crippen LogP contribution in [0.15, 0.2) is 53.5 Å². The second-order valence-corrected chi connectivity index (χ2v) is 7.87. The molecule has 3 aliphatic rings. The summed E-state index contributed by atoms with van der Waals surface area (Å²) in [6.45, 7) is 1.55. The van der Waals surface area contributed by atoms with Crippen molar-refractivity contribution in [2.24, 2.45) is 16.6 Å². The summed E-state index contributed by atoms with van der Waals surface area (Å²) in [6, 6.07) is 16.3. The Morgan fingerprint density at radius 1 is 1.07 bits per heavy atom. The van der Waals surface area contributed by atoms with Crippen LogP contribution in [-0.4, -0.2) is 36.2 Å². The second kappa shape index (κ2) is 6.64. The molecule has 0 bridgehead atoms. The van der Waals surface area contributed by atoms with E-state index in [1.807, 2.05) is 12.1 Å². The van der Waals surface area contributed by atoms with Crippen LogP contribution < -0.4 is 5.73 Å². The third kappa shape index (κ3) is 3.00. The van der Waals surface area contributed by atoms with Crippen LogP contribution in [0.1, 0.15) is 35.6 Å². The van der Waals surface area contributed by atoms with Crippen molar-refractivity contribution in [3.05, 3.63) is 71.0 Å². The Balaban J connectivity index is 1.45. The van der Waals surface area contributed by atoms with Gasteiger partial charge in [0.1, 0.15) is 11.9 Å². The Kier molecular flexibility index (Phi) is 4.12. The molecule has 1 aliphatic carbocycles. The fourth-order valence-corrected chi connectivity index (χ4v) is 4.57. The van der Waals surface area contributed by atoms with Crippen LogP contribution in [0, 0.1) is 11.7 Å². The molecule has 2 aromatic rings. The number of hydrogen-bond acceptors (Lipinski definition) is 4. The van der Waals surface area contributed by atoms with E-state index in [9.17, 15) is 4.39 Å². The van der Waals surface area contributed by atoms with Gasteiger partial charge >= 0.3 is 0 Å². The maximum absolute atomic E-state index is 13.5. The lowest BCUT2D eigenvalue weighted by Crippen LogP contribution is -2.45. The molecular formula is C22H24FN3O. The molecule has 0 saturated heterocycles. The summed E-state index contributed by atoms with van der Waals surface area (Å²) in [5, 5.41) is 0. The summed E-state index contributed by atoms with van der Waals surface area (Å²) in [5.41, 5.74) is 9.58. The molecule has 140 valence electrons. The van der Waals surface area contributed by atoms with Gasteiger partial charge in [0.15, 0.2) is 0 Å². The van der Waals surface area contributed by atoms with Crippen molar-refractivity contribution >= 4 is 6.02 Å². The molecule has 4 nitrogen and oxygen atoms in total. The topological polar surface area (TPSA) is 50.8 Å². The molecule has 2 N–H and O–H groups in total. The Morgan fingerprint density at radius 2 is 1.85 bits per heavy atom. The average molecular weight is 365 g/mol. The lowest BCUT2D eigenvalue weighted by Gasteiger charge is -2.40. The number of fused-ring (bicyclic) bond motifs is 1. The largest absolute Gasteiger partial charge is 0.460 e. The molecule has 0 aromatic heterocycles. The van der Waals surface area contributed by atoms with E-state index >= 15 is 0 Å². The Bertz CT molecular complexity index is 860. The number of halogens is 1. The summed E-state index contributed by atoms with van der Waals surface area (Å²) >= 11 is 0. The van der Waals surface area contributed by atoms with E-state index in [-0.39, 0.29) is 18.0 Å². The summed E-state index contributed by atoms with van der Waals surface area (Å²) in [6.07, 6.45) is 3.15. The van der Waals surface area contributed by atoms with Gasteiger partial charge in [0.2, 0.25) is 0 Å². The monoisotopic (exact) mass is 365 g/mol. The van der Waals surface area contributed by atoms with E-state index in [2.05, 4.69) is 29.2 Å². The van der Waals surface area contributed by atoms with Gasteiger partial charge in [-0.15, -0.1) is 0 Å². The molecule has 0 unspecified atom stereocenters. The first-order valence-electron chi connectivity index (χ1n) is 9.75. The highest BCUT2D eigenvalue weighted by Gasteiger charge is 2.40. The highest BCUT2D eigenvalue weighted by atomic mass is 19.1. The zero-order valence-corrected chi connectivity index (χ0v) is 15.2. The van der Waals surface area contributed by atoms with Crippen molar-refractivity contribution in [2.45, 2.75) is 37.5 Å². The van der Waals surface area contributed by atoms with Crippen molar-refractivity contribution in [1.29, 1.82) is 0 Å².